The van der Waals surface area contributed by atoms with Gasteiger partial charge in [0.15, 0.2) is 5.78 Å². The van der Waals surface area contributed by atoms with Crippen molar-refractivity contribution in [1.82, 2.24) is 58.5 Å². The average molecular weight is 1260 g/mol. The quantitative estimate of drug-likeness (QED) is 0.0222. The Labute approximate surface area is 504 Å². The van der Waals surface area contributed by atoms with E-state index in [1.54, 1.807) is 0 Å². The molecule has 1 fully saturated rings. The minimum absolute atomic E-state index is 0.0476. The second-order valence-corrected chi connectivity index (χ2v) is 20.0. The van der Waals surface area contributed by atoms with Crippen molar-refractivity contribution in [2.75, 3.05) is 32.0 Å². The lowest BCUT2D eigenvalue weighted by Gasteiger charge is -2.29. The van der Waals surface area contributed by atoms with Crippen molar-refractivity contribution in [3.8, 4) is 0 Å². The summed E-state index contributed by atoms with van der Waals surface area (Å²) in [5.74, 6) is -24.9. The maximum Gasteiger partial charge on any atom is 0.329 e. The van der Waals surface area contributed by atoms with Gasteiger partial charge in [0.2, 0.25) is 70.9 Å². The zero-order valence-electron chi connectivity index (χ0n) is 48.2. The number of esters is 1. The van der Waals surface area contributed by atoms with Crippen LogP contribution in [0.4, 0.5) is 5.69 Å². The summed E-state index contributed by atoms with van der Waals surface area (Å²) in [5.41, 5.74) is 22.1. The van der Waals surface area contributed by atoms with Gasteiger partial charge in [-0.1, -0.05) is 19.1 Å². The Morgan fingerprint density at radius 3 is 1.75 bits per heavy atom. The lowest BCUT2D eigenvalue weighted by Crippen LogP contribution is -2.61. The summed E-state index contributed by atoms with van der Waals surface area (Å²) in [7, 11) is 0. The van der Waals surface area contributed by atoms with Crippen LogP contribution >= 0.6 is 0 Å². The highest BCUT2D eigenvalue weighted by Crippen LogP contribution is 2.17. The van der Waals surface area contributed by atoms with E-state index in [4.69, 9.17) is 27.7 Å². The summed E-state index contributed by atoms with van der Waals surface area (Å²) < 4.78 is 5.56. The minimum Gasteiger partial charge on any atom is -0.481 e. The Kier molecular flexibility index (Phi) is 30.9. The molecule has 0 saturated carbocycles. The van der Waals surface area contributed by atoms with Gasteiger partial charge in [0.1, 0.15) is 66.8 Å². The van der Waals surface area contributed by atoms with Gasteiger partial charge >= 0.3 is 23.9 Å². The molecule has 12 unspecified atom stereocenters. The van der Waals surface area contributed by atoms with Crippen LogP contribution in [0.2, 0.25) is 0 Å². The molecule has 12 atom stereocenters. The Balaban J connectivity index is 2.91. The number of hydrogen-bond acceptors (Lipinski definition) is 23. The monoisotopic (exact) mass is 1260 g/mol. The lowest BCUT2D eigenvalue weighted by molar-refractivity contribution is -0.156. The van der Waals surface area contributed by atoms with E-state index >= 15 is 0 Å². The molecule has 1 aliphatic heterocycles. The number of carbonyl (C=O) groups is 18. The molecule has 0 radical (unpaired) electrons. The number of amides is 12. The molecule has 0 aliphatic carbocycles. The van der Waals surface area contributed by atoms with E-state index in [-0.39, 0.29) is 30.6 Å². The van der Waals surface area contributed by atoms with Crippen molar-refractivity contribution < 1.29 is 111 Å². The van der Waals surface area contributed by atoms with Crippen molar-refractivity contribution >= 4 is 113 Å². The number of ketones is 1. The first-order valence-electron chi connectivity index (χ1n) is 27.0. The number of primary amides is 1. The van der Waals surface area contributed by atoms with Crippen LogP contribution in [0, 0.1) is 5.92 Å². The molecule has 23 N–H and O–H groups in total. The predicted molar refractivity (Wildman–Crippen MR) is 298 cm³/mol. The SMILES string of the molecule is CC1NC(=O)C(CC(=O)O)NC(=O)C(CCCN)NC(=O)CNC(=O)C(NC(=O)C(CC(=O)O)NC(=O)C(N)CC(N)=O)C(C)OC(=O)C(CC(=O)c2ccccc2N)NC(=O)C(C(C)CC=O)NC(=O)C(CO)NC(=O)CNC(=O)C(CC(=O)O)NC1=O. The molecular formula is C51H73N15O23. The summed E-state index contributed by atoms with van der Waals surface area (Å²) >= 11 is 0. The number of carboxylic acids is 3. The van der Waals surface area contributed by atoms with E-state index in [0.717, 1.165) is 13.8 Å². The van der Waals surface area contributed by atoms with E-state index in [9.17, 15) is 107 Å². The number of benzene rings is 1. The molecule has 38 heteroatoms. The average Bonchev–Trinajstić information content (AvgIpc) is 3.65. The zero-order chi connectivity index (χ0) is 67.4. The molecule has 89 heavy (non-hydrogen) atoms. The number of carbonyl (C=O) groups excluding carboxylic acids is 15. The van der Waals surface area contributed by atoms with E-state index in [2.05, 4.69) is 37.2 Å². The van der Waals surface area contributed by atoms with Crippen molar-refractivity contribution in [3.05, 3.63) is 29.8 Å². The molecule has 38 nitrogen and oxygen atoms in total. The molecule has 0 aromatic heterocycles. The van der Waals surface area contributed by atoms with Crippen LogP contribution < -0.4 is 81.4 Å². The minimum atomic E-state index is -2.30. The number of aliphatic hydroxyl groups excluding tert-OH is 1. The molecular weight excluding hydrogens is 1190 g/mol. The second-order valence-electron chi connectivity index (χ2n) is 20.0. The van der Waals surface area contributed by atoms with E-state index in [0.29, 0.717) is 6.29 Å². The number of nitrogens with one attached hydrogen (secondary N) is 11. The number of cyclic esters (lactones) is 1. The highest BCUT2D eigenvalue weighted by atomic mass is 16.5. The fourth-order valence-electron chi connectivity index (χ4n) is 8.02. The standard InChI is InChI=1S/C51H73N15O23/c1-21(10-12-67)40-50(87)64-31(14-33(69)24-7-4-5-8-25(24)53)51(88)89-23(3)41(66-47(84)30(17-39(77)78)62-43(80)26(54)13-34(55)70)49(86)57-19-35(71)59-27(9-6-11-52)45(82)63-29(16-38(75)76)46(83)58-22(2)42(79)61-28(15-37(73)74)44(81)56-18-36(72)60-32(20-68)48(85)65-40/h4-5,7-8,12,21-23,26-32,40-41,68H,6,9-11,13-20,52-54H2,1-3H3,(H2,55,70)(H,56,81)(H,57,86)(H,58,83)(H,59,71)(H,60,72)(H,61,79)(H,62,80)(H,63,82)(H,64,87)(H,65,85)(H,66,84)(H,73,74)(H,75,76)(H,77,78). The Morgan fingerprint density at radius 2 is 1.20 bits per heavy atom. The number of hydrogen-bond donors (Lipinski definition) is 19. The third-order valence-electron chi connectivity index (χ3n) is 12.8. The first-order chi connectivity index (χ1) is 41.7. The van der Waals surface area contributed by atoms with Crippen LogP contribution in [0.5, 0.6) is 0 Å². The number of carboxylic acid groups (broad SMARTS) is 3. The van der Waals surface area contributed by atoms with Gasteiger partial charge in [-0.3, -0.25) is 76.7 Å². The van der Waals surface area contributed by atoms with Gasteiger partial charge in [-0.25, -0.2) is 4.79 Å². The van der Waals surface area contributed by atoms with Gasteiger partial charge < -0.3 is 111 Å². The number of Topliss-reactive ketones (excluding diaryl/α,β-unsaturated/α-hetero) is 1. The number of aliphatic hydroxyl groups is 1. The smallest absolute Gasteiger partial charge is 0.329 e. The number of nitrogen functional groups attached to an aromatic ring is 1. The van der Waals surface area contributed by atoms with Crippen LogP contribution in [0.25, 0.3) is 0 Å². The molecule has 1 saturated heterocycles. The first kappa shape index (κ1) is 74.9. The third kappa shape index (κ3) is 25.7. The number of para-hydroxylation sites is 1. The van der Waals surface area contributed by atoms with Crippen LogP contribution in [0.1, 0.15) is 82.5 Å². The lowest BCUT2D eigenvalue weighted by atomic mass is 9.96. The normalized spacial score (nSPS) is 23.6. The summed E-state index contributed by atoms with van der Waals surface area (Å²) in [6.45, 7) is -0.488. The van der Waals surface area contributed by atoms with Crippen LogP contribution in [0.15, 0.2) is 24.3 Å². The summed E-state index contributed by atoms with van der Waals surface area (Å²) in [4.78, 5) is 237. The van der Waals surface area contributed by atoms with Crippen LogP contribution in [-0.4, -0.2) is 220 Å². The number of aliphatic carboxylic acids is 3. The summed E-state index contributed by atoms with van der Waals surface area (Å²) in [6, 6.07) is -14.5. The van der Waals surface area contributed by atoms with Gasteiger partial charge in [0, 0.05) is 24.1 Å². The van der Waals surface area contributed by atoms with E-state index in [1.165, 1.54) is 31.2 Å². The number of ether oxygens (including phenoxy) is 1. The van der Waals surface area contributed by atoms with Crippen molar-refractivity contribution in [1.29, 1.82) is 0 Å². The fourth-order valence-corrected chi connectivity index (χ4v) is 8.02. The molecule has 0 bridgehead atoms. The van der Waals surface area contributed by atoms with Gasteiger partial charge in [-0.15, -0.1) is 0 Å². The van der Waals surface area contributed by atoms with Crippen molar-refractivity contribution in [2.24, 2.45) is 23.1 Å². The van der Waals surface area contributed by atoms with E-state index < -0.39 is 231 Å². The Hall–Kier alpha value is -10.2. The van der Waals surface area contributed by atoms with Gasteiger partial charge in [-0.05, 0) is 51.3 Å². The van der Waals surface area contributed by atoms with Crippen molar-refractivity contribution in [2.45, 2.75) is 139 Å². The molecule has 1 heterocycles. The molecule has 2 rings (SSSR count). The maximum absolute atomic E-state index is 14.4. The van der Waals surface area contributed by atoms with Gasteiger partial charge in [0.25, 0.3) is 0 Å². The number of aldehydes is 1. The Bertz CT molecular complexity index is 2860. The highest BCUT2D eigenvalue weighted by molar-refractivity contribution is 6.04. The third-order valence-corrected chi connectivity index (χ3v) is 12.8. The zero-order valence-corrected chi connectivity index (χ0v) is 48.2. The second kappa shape index (κ2) is 36.7. The van der Waals surface area contributed by atoms with Gasteiger partial charge in [-0.2, -0.15) is 0 Å². The summed E-state index contributed by atoms with van der Waals surface area (Å²) in [5, 5.41) is 62.1. The number of anilines is 1. The molecule has 0 spiro atoms. The molecule has 1 aromatic rings. The molecule has 1 aromatic carbocycles. The predicted octanol–water partition coefficient (Wildman–Crippen LogP) is -10.0. The topological polar surface area (TPSA) is 634 Å². The molecule has 490 valence electrons. The summed E-state index contributed by atoms with van der Waals surface area (Å²) in [6.07, 6.45) is -8.11. The largest absolute Gasteiger partial charge is 0.481 e. The maximum atomic E-state index is 14.4. The molecule has 1 aliphatic rings. The molecule has 12 amide bonds. The van der Waals surface area contributed by atoms with Gasteiger partial charge in [0.05, 0.1) is 51.4 Å². The van der Waals surface area contributed by atoms with Crippen LogP contribution in [0.3, 0.4) is 0 Å². The first-order valence-corrected chi connectivity index (χ1v) is 27.0. The number of rotatable bonds is 22. The van der Waals surface area contributed by atoms with Crippen LogP contribution in [-0.2, 0) is 86.2 Å². The highest BCUT2D eigenvalue weighted by Gasteiger charge is 2.40. The Morgan fingerprint density at radius 1 is 0.663 bits per heavy atom. The van der Waals surface area contributed by atoms with Crippen molar-refractivity contribution in [3.63, 3.8) is 0 Å². The number of nitrogens with two attached hydrogens (primary N) is 4. The fraction of sp³-hybridized carbons (Fsp3) is 0.529. The van der Waals surface area contributed by atoms with E-state index in [1.807, 2.05) is 21.3 Å².